The van der Waals surface area contributed by atoms with E-state index in [4.69, 9.17) is 0 Å². The smallest absolute Gasteiger partial charge is 0.251 e. The van der Waals surface area contributed by atoms with Crippen molar-refractivity contribution in [3.63, 3.8) is 0 Å². The molecule has 0 spiro atoms. The summed E-state index contributed by atoms with van der Waals surface area (Å²) in [6.07, 6.45) is 0.255. The van der Waals surface area contributed by atoms with Gasteiger partial charge in [-0.25, -0.2) is 4.90 Å². The zero-order chi connectivity index (χ0) is 21.2. The lowest BCUT2D eigenvalue weighted by atomic mass is 10.1. The van der Waals surface area contributed by atoms with Crippen molar-refractivity contribution in [3.8, 4) is 11.1 Å². The predicted molar refractivity (Wildman–Crippen MR) is 123 cm³/mol. The third kappa shape index (κ3) is 3.84. The summed E-state index contributed by atoms with van der Waals surface area (Å²) in [5, 5.41) is 0. The third-order valence-electron chi connectivity index (χ3n) is 6.23. The molecule has 31 heavy (non-hydrogen) atoms. The van der Waals surface area contributed by atoms with Crippen LogP contribution in [0.25, 0.3) is 11.1 Å². The van der Waals surface area contributed by atoms with E-state index in [9.17, 15) is 9.59 Å². The molecule has 2 aliphatic rings. The van der Waals surface area contributed by atoms with E-state index in [1.165, 1.54) is 10.6 Å². The van der Waals surface area contributed by atoms with E-state index >= 15 is 0 Å². The molecule has 2 aliphatic heterocycles. The Hall–Kier alpha value is -3.44. The van der Waals surface area contributed by atoms with Gasteiger partial charge in [0.1, 0.15) is 0 Å². The van der Waals surface area contributed by atoms with Crippen LogP contribution in [0.1, 0.15) is 6.42 Å². The molecule has 0 N–H and O–H groups in total. The Morgan fingerprint density at radius 1 is 0.613 bits per heavy atom. The Balaban J connectivity index is 1.27. The lowest BCUT2D eigenvalue weighted by molar-refractivity contribution is -0.123. The maximum atomic E-state index is 13.2. The molecule has 0 bridgehead atoms. The highest BCUT2D eigenvalue weighted by Crippen LogP contribution is 2.29. The van der Waals surface area contributed by atoms with Gasteiger partial charge >= 0.3 is 0 Å². The zero-order valence-corrected chi connectivity index (χ0v) is 17.4. The van der Waals surface area contributed by atoms with Crippen LogP contribution >= 0.6 is 0 Å². The van der Waals surface area contributed by atoms with Crippen LogP contribution in [0.15, 0.2) is 84.9 Å². The minimum absolute atomic E-state index is 0.106. The molecule has 1 atom stereocenters. The van der Waals surface area contributed by atoms with Crippen LogP contribution in [0.5, 0.6) is 0 Å². The van der Waals surface area contributed by atoms with Crippen LogP contribution in [0.4, 0.5) is 11.4 Å². The normalized spacial score (nSPS) is 19.8. The molecule has 156 valence electrons. The zero-order valence-electron chi connectivity index (χ0n) is 17.4. The van der Waals surface area contributed by atoms with Gasteiger partial charge in [0.05, 0.1) is 18.2 Å². The quantitative estimate of drug-likeness (QED) is 0.613. The average Bonchev–Trinajstić information content (AvgIpc) is 3.14. The molecular formula is C26H25N3O2. The van der Waals surface area contributed by atoms with Crippen LogP contribution in [0.3, 0.4) is 0 Å². The first-order valence-electron chi connectivity index (χ1n) is 10.8. The molecule has 0 aliphatic carbocycles. The standard InChI is InChI=1S/C26H25N3O2/c30-25-19-24(28-17-15-27(16-18-28)22-9-5-2-6-10-22)26(31)29(25)23-13-11-21(12-14-23)20-7-3-1-4-8-20/h1-14,24H,15-19H2. The molecule has 3 aromatic rings. The fraction of sp³-hybridized carbons (Fsp3) is 0.231. The first kappa shape index (κ1) is 19.5. The first-order chi connectivity index (χ1) is 15.2. The Kier molecular flexibility index (Phi) is 5.26. The van der Waals surface area contributed by atoms with E-state index < -0.39 is 0 Å². The van der Waals surface area contributed by atoms with Crippen molar-refractivity contribution in [3.05, 3.63) is 84.9 Å². The van der Waals surface area contributed by atoms with Crippen LogP contribution in [0.2, 0.25) is 0 Å². The summed E-state index contributed by atoms with van der Waals surface area (Å²) in [6, 6.07) is 27.7. The molecule has 0 aromatic heterocycles. The number of anilines is 2. The van der Waals surface area contributed by atoms with E-state index in [2.05, 4.69) is 21.9 Å². The molecule has 2 amide bonds. The fourth-order valence-corrected chi connectivity index (χ4v) is 4.54. The van der Waals surface area contributed by atoms with E-state index in [1.54, 1.807) is 0 Å². The molecule has 1 unspecified atom stereocenters. The number of carbonyl (C=O) groups is 2. The second kappa shape index (κ2) is 8.36. The lowest BCUT2D eigenvalue weighted by Gasteiger charge is -2.38. The molecule has 0 radical (unpaired) electrons. The number of nitrogens with zero attached hydrogens (tertiary/aromatic N) is 3. The molecule has 5 nitrogen and oxygen atoms in total. The SMILES string of the molecule is O=C1CC(N2CCN(c3ccccc3)CC2)C(=O)N1c1ccc(-c2ccccc2)cc1. The summed E-state index contributed by atoms with van der Waals surface area (Å²) in [4.78, 5) is 31.8. The highest BCUT2D eigenvalue weighted by Gasteiger charge is 2.43. The highest BCUT2D eigenvalue weighted by atomic mass is 16.2. The number of piperazine rings is 1. The van der Waals surface area contributed by atoms with Crippen LogP contribution in [-0.2, 0) is 9.59 Å². The van der Waals surface area contributed by atoms with Crippen molar-refractivity contribution < 1.29 is 9.59 Å². The van der Waals surface area contributed by atoms with Crippen molar-refractivity contribution in [1.82, 2.24) is 4.90 Å². The maximum Gasteiger partial charge on any atom is 0.251 e. The molecule has 2 heterocycles. The molecule has 5 rings (SSSR count). The Labute approximate surface area is 182 Å². The number of hydrogen-bond acceptors (Lipinski definition) is 4. The van der Waals surface area contributed by atoms with E-state index in [-0.39, 0.29) is 24.3 Å². The van der Waals surface area contributed by atoms with Gasteiger partial charge in [0.2, 0.25) is 5.91 Å². The van der Waals surface area contributed by atoms with Crippen molar-refractivity contribution >= 4 is 23.2 Å². The van der Waals surface area contributed by atoms with Gasteiger partial charge in [-0.15, -0.1) is 0 Å². The number of para-hydroxylation sites is 1. The van der Waals surface area contributed by atoms with E-state index in [1.807, 2.05) is 72.8 Å². The number of rotatable bonds is 4. The van der Waals surface area contributed by atoms with Crippen LogP contribution in [0, 0.1) is 0 Å². The van der Waals surface area contributed by atoms with Gasteiger partial charge in [-0.3, -0.25) is 14.5 Å². The summed E-state index contributed by atoms with van der Waals surface area (Å²) < 4.78 is 0. The van der Waals surface area contributed by atoms with Crippen molar-refractivity contribution in [2.45, 2.75) is 12.5 Å². The number of hydrogen-bond donors (Lipinski definition) is 0. The van der Waals surface area contributed by atoms with Crippen molar-refractivity contribution in [1.29, 1.82) is 0 Å². The first-order valence-corrected chi connectivity index (χ1v) is 10.8. The van der Waals surface area contributed by atoms with E-state index in [0.717, 1.165) is 37.3 Å². The van der Waals surface area contributed by atoms with Gasteiger partial charge in [-0.05, 0) is 35.4 Å². The number of carbonyl (C=O) groups excluding carboxylic acids is 2. The monoisotopic (exact) mass is 411 g/mol. The molecule has 0 saturated carbocycles. The van der Waals surface area contributed by atoms with Gasteiger partial charge in [0.15, 0.2) is 0 Å². The minimum Gasteiger partial charge on any atom is -0.369 e. The van der Waals surface area contributed by atoms with Crippen LogP contribution in [-0.4, -0.2) is 48.9 Å². The summed E-state index contributed by atoms with van der Waals surface area (Å²) >= 11 is 0. The molecule has 2 saturated heterocycles. The predicted octanol–water partition coefficient (Wildman–Crippen LogP) is 3.81. The molecular weight excluding hydrogens is 386 g/mol. The topological polar surface area (TPSA) is 43.9 Å². The van der Waals surface area contributed by atoms with Gasteiger partial charge in [-0.2, -0.15) is 0 Å². The summed E-state index contributed by atoms with van der Waals surface area (Å²) in [5.74, 6) is -0.224. The second-order valence-corrected chi connectivity index (χ2v) is 8.06. The second-order valence-electron chi connectivity index (χ2n) is 8.06. The van der Waals surface area contributed by atoms with Gasteiger partial charge in [-0.1, -0.05) is 60.7 Å². The lowest BCUT2D eigenvalue weighted by Crippen LogP contribution is -2.52. The highest BCUT2D eigenvalue weighted by molar-refractivity contribution is 6.22. The Bertz CT molecular complexity index is 1060. The minimum atomic E-state index is -0.362. The molecule has 5 heteroatoms. The van der Waals surface area contributed by atoms with Crippen LogP contribution < -0.4 is 9.80 Å². The molecule has 2 fully saturated rings. The van der Waals surface area contributed by atoms with Gasteiger partial charge in [0.25, 0.3) is 5.91 Å². The van der Waals surface area contributed by atoms with Gasteiger partial charge < -0.3 is 4.90 Å². The number of benzene rings is 3. The van der Waals surface area contributed by atoms with Crippen molar-refractivity contribution in [2.75, 3.05) is 36.0 Å². The Morgan fingerprint density at radius 3 is 1.84 bits per heavy atom. The third-order valence-corrected chi connectivity index (χ3v) is 6.23. The summed E-state index contributed by atoms with van der Waals surface area (Å²) in [5.41, 5.74) is 4.04. The number of amides is 2. The summed E-state index contributed by atoms with van der Waals surface area (Å²) in [6.45, 7) is 3.26. The van der Waals surface area contributed by atoms with E-state index in [0.29, 0.717) is 5.69 Å². The van der Waals surface area contributed by atoms with Crippen molar-refractivity contribution in [2.24, 2.45) is 0 Å². The fourth-order valence-electron chi connectivity index (χ4n) is 4.54. The van der Waals surface area contributed by atoms with Gasteiger partial charge in [0, 0.05) is 31.9 Å². The largest absolute Gasteiger partial charge is 0.369 e. The molecule has 3 aromatic carbocycles. The average molecular weight is 412 g/mol. The maximum absolute atomic E-state index is 13.2. The summed E-state index contributed by atoms with van der Waals surface area (Å²) in [7, 11) is 0. The number of imide groups is 1. The Morgan fingerprint density at radius 2 is 1.19 bits per heavy atom.